The van der Waals surface area contributed by atoms with Gasteiger partial charge in [-0.05, 0) is 19.8 Å². The van der Waals surface area contributed by atoms with Crippen molar-refractivity contribution >= 4 is 5.91 Å². The van der Waals surface area contributed by atoms with Crippen molar-refractivity contribution in [3.05, 3.63) is 0 Å². The molecule has 0 spiro atoms. The maximum atomic E-state index is 11.8. The summed E-state index contributed by atoms with van der Waals surface area (Å²) in [6.07, 6.45) is 8.03. The Morgan fingerprint density at radius 2 is 1.87 bits per heavy atom. The number of hydrogen-bond donors (Lipinski definition) is 1. The minimum absolute atomic E-state index is 0.0672. The smallest absolute Gasteiger partial charge is 0.224 e. The van der Waals surface area contributed by atoms with Gasteiger partial charge in [0.2, 0.25) is 5.91 Å². The lowest BCUT2D eigenvalue weighted by Gasteiger charge is -2.38. The molecule has 1 saturated carbocycles. The van der Waals surface area contributed by atoms with E-state index < -0.39 is 0 Å². The summed E-state index contributed by atoms with van der Waals surface area (Å²) in [6.45, 7) is 3.02. The predicted molar refractivity (Wildman–Crippen MR) is 60.4 cm³/mol. The Morgan fingerprint density at radius 1 is 1.27 bits per heavy atom. The quantitative estimate of drug-likeness (QED) is 0.669. The third kappa shape index (κ3) is 2.17. The van der Waals surface area contributed by atoms with E-state index in [0.717, 1.165) is 19.4 Å². The van der Waals surface area contributed by atoms with Crippen molar-refractivity contribution in [1.29, 1.82) is 0 Å². The van der Waals surface area contributed by atoms with Crippen LogP contribution in [0.2, 0.25) is 0 Å². The van der Waals surface area contributed by atoms with Gasteiger partial charge in [0.1, 0.15) is 0 Å². The van der Waals surface area contributed by atoms with Crippen LogP contribution in [-0.2, 0) is 4.79 Å². The molecular formula is C12H22N2O. The van der Waals surface area contributed by atoms with Crippen molar-refractivity contribution in [2.45, 2.75) is 63.5 Å². The maximum absolute atomic E-state index is 11.8. The Kier molecular flexibility index (Phi) is 3.01. The summed E-state index contributed by atoms with van der Waals surface area (Å²) in [7, 11) is 0. The van der Waals surface area contributed by atoms with E-state index >= 15 is 0 Å². The molecule has 0 aromatic heterocycles. The first-order chi connectivity index (χ1) is 7.12. The first kappa shape index (κ1) is 10.9. The molecule has 0 radical (unpaired) electrons. The molecule has 0 aromatic carbocycles. The Labute approximate surface area is 92.0 Å². The Morgan fingerprint density at radius 3 is 2.33 bits per heavy atom. The van der Waals surface area contributed by atoms with Gasteiger partial charge in [0.05, 0.1) is 0 Å². The number of nitrogens with zero attached hydrogens (tertiary/aromatic N) is 1. The number of hydrogen-bond acceptors (Lipinski definition) is 2. The first-order valence-corrected chi connectivity index (χ1v) is 6.18. The topological polar surface area (TPSA) is 46.3 Å². The third-order valence-corrected chi connectivity index (χ3v) is 3.99. The molecule has 3 nitrogen and oxygen atoms in total. The zero-order chi connectivity index (χ0) is 10.9. The summed E-state index contributed by atoms with van der Waals surface area (Å²) >= 11 is 0. The van der Waals surface area contributed by atoms with Gasteiger partial charge in [-0.1, -0.05) is 25.7 Å². The molecule has 1 atom stereocenters. The van der Waals surface area contributed by atoms with Crippen LogP contribution in [0.4, 0.5) is 0 Å². The van der Waals surface area contributed by atoms with Crippen molar-refractivity contribution in [2.24, 2.45) is 5.73 Å². The number of nitrogens with two attached hydrogens (primary N) is 1. The lowest BCUT2D eigenvalue weighted by Crippen LogP contribution is -2.47. The molecule has 1 aliphatic carbocycles. The standard InChI is InChI=1S/C12H22N2O/c1-12(6-4-2-3-5-7-12)14-9-10(13)8-11(14)15/h10H,2-9,13H2,1H3. The number of carbonyl (C=O) groups excluding carboxylic acids is 1. The van der Waals surface area contributed by atoms with Crippen LogP contribution < -0.4 is 5.73 Å². The van der Waals surface area contributed by atoms with Gasteiger partial charge in [-0.2, -0.15) is 0 Å². The summed E-state index contributed by atoms with van der Waals surface area (Å²) in [4.78, 5) is 13.9. The van der Waals surface area contributed by atoms with E-state index in [2.05, 4.69) is 11.8 Å². The molecule has 1 amide bonds. The SMILES string of the molecule is CC1(N2CC(N)CC2=O)CCCCCC1. The number of likely N-dealkylation sites (tertiary alicyclic amines) is 1. The second-order valence-corrected chi connectivity index (χ2v) is 5.38. The van der Waals surface area contributed by atoms with Crippen LogP contribution in [0, 0.1) is 0 Å². The lowest BCUT2D eigenvalue weighted by molar-refractivity contribution is -0.133. The van der Waals surface area contributed by atoms with Crippen LogP contribution in [0.5, 0.6) is 0 Å². The zero-order valence-electron chi connectivity index (χ0n) is 9.67. The highest BCUT2D eigenvalue weighted by atomic mass is 16.2. The Balaban J connectivity index is 2.09. The normalized spacial score (nSPS) is 31.7. The molecule has 2 N–H and O–H groups in total. The fraction of sp³-hybridized carbons (Fsp3) is 0.917. The van der Waals surface area contributed by atoms with E-state index in [1.165, 1.54) is 25.7 Å². The highest BCUT2D eigenvalue weighted by Gasteiger charge is 2.40. The summed E-state index contributed by atoms with van der Waals surface area (Å²) in [5.41, 5.74) is 5.96. The van der Waals surface area contributed by atoms with E-state index in [0.29, 0.717) is 6.42 Å². The number of carbonyl (C=O) groups is 1. The summed E-state index contributed by atoms with van der Waals surface area (Å²) in [5, 5.41) is 0. The second-order valence-electron chi connectivity index (χ2n) is 5.38. The molecule has 1 unspecified atom stereocenters. The third-order valence-electron chi connectivity index (χ3n) is 3.99. The van der Waals surface area contributed by atoms with Crippen LogP contribution in [-0.4, -0.2) is 28.9 Å². The number of amides is 1. The molecule has 0 bridgehead atoms. The van der Waals surface area contributed by atoms with Crippen molar-refractivity contribution in [1.82, 2.24) is 4.90 Å². The van der Waals surface area contributed by atoms with E-state index in [1.54, 1.807) is 0 Å². The largest absolute Gasteiger partial charge is 0.336 e. The molecule has 2 fully saturated rings. The van der Waals surface area contributed by atoms with Crippen LogP contribution >= 0.6 is 0 Å². The molecule has 1 heterocycles. The predicted octanol–water partition coefficient (Wildman–Crippen LogP) is 1.66. The van der Waals surface area contributed by atoms with Gasteiger partial charge in [-0.15, -0.1) is 0 Å². The van der Waals surface area contributed by atoms with Crippen molar-refractivity contribution in [3.63, 3.8) is 0 Å². The molecule has 0 aromatic rings. The average molecular weight is 210 g/mol. The van der Waals surface area contributed by atoms with Gasteiger partial charge < -0.3 is 10.6 Å². The summed E-state index contributed by atoms with van der Waals surface area (Å²) in [5.74, 6) is 0.270. The van der Waals surface area contributed by atoms with Gasteiger partial charge in [0, 0.05) is 24.5 Å². The van der Waals surface area contributed by atoms with Crippen LogP contribution in [0.25, 0.3) is 0 Å². The second kappa shape index (κ2) is 4.12. The van der Waals surface area contributed by atoms with E-state index in [9.17, 15) is 4.79 Å². The molecule has 86 valence electrons. The molecule has 15 heavy (non-hydrogen) atoms. The fourth-order valence-corrected chi connectivity index (χ4v) is 3.02. The molecule has 3 heteroatoms. The van der Waals surface area contributed by atoms with Crippen molar-refractivity contribution < 1.29 is 4.79 Å². The van der Waals surface area contributed by atoms with Gasteiger partial charge in [0.15, 0.2) is 0 Å². The van der Waals surface area contributed by atoms with Crippen LogP contribution in [0.3, 0.4) is 0 Å². The fourth-order valence-electron chi connectivity index (χ4n) is 3.02. The van der Waals surface area contributed by atoms with Gasteiger partial charge in [-0.3, -0.25) is 4.79 Å². The molecule has 1 aliphatic heterocycles. The Hall–Kier alpha value is -0.570. The van der Waals surface area contributed by atoms with E-state index in [-0.39, 0.29) is 17.5 Å². The maximum Gasteiger partial charge on any atom is 0.224 e. The monoisotopic (exact) mass is 210 g/mol. The van der Waals surface area contributed by atoms with Crippen LogP contribution in [0.15, 0.2) is 0 Å². The minimum Gasteiger partial charge on any atom is -0.336 e. The molecular weight excluding hydrogens is 188 g/mol. The summed E-state index contributed by atoms with van der Waals surface area (Å²) in [6, 6.07) is 0.0672. The highest BCUT2D eigenvalue weighted by molar-refractivity contribution is 5.80. The molecule has 1 saturated heterocycles. The van der Waals surface area contributed by atoms with E-state index in [4.69, 9.17) is 5.73 Å². The first-order valence-electron chi connectivity index (χ1n) is 6.18. The van der Waals surface area contributed by atoms with E-state index in [1.807, 2.05) is 0 Å². The Bertz CT molecular complexity index is 244. The van der Waals surface area contributed by atoms with Gasteiger partial charge in [-0.25, -0.2) is 0 Å². The minimum atomic E-state index is 0.0672. The molecule has 2 aliphatic rings. The molecule has 2 rings (SSSR count). The van der Waals surface area contributed by atoms with Gasteiger partial charge >= 0.3 is 0 Å². The van der Waals surface area contributed by atoms with Crippen LogP contribution in [0.1, 0.15) is 51.9 Å². The lowest BCUT2D eigenvalue weighted by atomic mass is 9.91. The van der Waals surface area contributed by atoms with Gasteiger partial charge in [0.25, 0.3) is 0 Å². The number of rotatable bonds is 1. The average Bonchev–Trinajstić information content (AvgIpc) is 2.40. The summed E-state index contributed by atoms with van der Waals surface area (Å²) < 4.78 is 0. The zero-order valence-corrected chi connectivity index (χ0v) is 9.67. The van der Waals surface area contributed by atoms with Crippen molar-refractivity contribution in [3.8, 4) is 0 Å². The highest BCUT2D eigenvalue weighted by Crippen LogP contribution is 2.34. The van der Waals surface area contributed by atoms with Crippen molar-refractivity contribution in [2.75, 3.05) is 6.54 Å².